The Bertz CT molecular complexity index is 249. The Balaban J connectivity index is 2.24. The predicted molar refractivity (Wildman–Crippen MR) is 69.2 cm³/mol. The fraction of sp³-hybridized carbons (Fsp3) is 1.00. The average molecular weight is 282 g/mol. The molecule has 19 heavy (non-hydrogen) atoms. The summed E-state index contributed by atoms with van der Waals surface area (Å²) < 4.78 is 40.5. The molecule has 1 saturated heterocycles. The van der Waals surface area contributed by atoms with Gasteiger partial charge in [0.15, 0.2) is 0 Å². The van der Waals surface area contributed by atoms with Crippen molar-refractivity contribution >= 4 is 0 Å². The van der Waals surface area contributed by atoms with Crippen molar-refractivity contribution in [2.75, 3.05) is 32.8 Å². The van der Waals surface area contributed by atoms with Crippen molar-refractivity contribution in [2.24, 2.45) is 0 Å². The average Bonchev–Trinajstić information content (AvgIpc) is 2.31. The predicted octanol–water partition coefficient (Wildman–Crippen LogP) is 2.42. The molecule has 0 aromatic carbocycles. The molecule has 2 unspecified atom stereocenters. The van der Waals surface area contributed by atoms with Crippen LogP contribution in [0.5, 0.6) is 0 Å². The minimum absolute atomic E-state index is 0.151. The number of ether oxygens (including phenoxy) is 1. The molecule has 6 heteroatoms. The highest BCUT2D eigenvalue weighted by molar-refractivity contribution is 4.76. The fourth-order valence-corrected chi connectivity index (χ4v) is 2.32. The largest absolute Gasteiger partial charge is 0.411 e. The van der Waals surface area contributed by atoms with Crippen LogP contribution in [0.4, 0.5) is 13.2 Å². The van der Waals surface area contributed by atoms with Crippen molar-refractivity contribution in [2.45, 2.75) is 51.4 Å². The minimum atomic E-state index is -4.22. The Labute approximate surface area is 113 Å². The van der Waals surface area contributed by atoms with E-state index in [4.69, 9.17) is 0 Å². The summed E-state index contributed by atoms with van der Waals surface area (Å²) in [7, 11) is 0. The third-order valence-electron chi connectivity index (χ3n) is 3.50. The molecule has 1 aliphatic rings. The molecule has 0 saturated carbocycles. The van der Waals surface area contributed by atoms with Gasteiger partial charge in [-0.05, 0) is 39.3 Å². The molecule has 0 amide bonds. The van der Waals surface area contributed by atoms with Gasteiger partial charge < -0.3 is 15.0 Å². The first-order valence-electron chi connectivity index (χ1n) is 7.03. The molecule has 3 nitrogen and oxygen atoms in total. The Morgan fingerprint density at radius 3 is 2.58 bits per heavy atom. The Hall–Kier alpha value is -0.330. The maximum Gasteiger partial charge on any atom is 0.411 e. The number of nitrogens with zero attached hydrogens (tertiary/aromatic N) is 1. The number of nitrogens with one attached hydrogen (secondary N) is 1. The normalized spacial score (nSPS) is 27.0. The van der Waals surface area contributed by atoms with Gasteiger partial charge in [0.25, 0.3) is 0 Å². The van der Waals surface area contributed by atoms with Crippen LogP contribution in [0.15, 0.2) is 0 Å². The molecule has 1 fully saturated rings. The summed E-state index contributed by atoms with van der Waals surface area (Å²) in [5.74, 6) is 0. The molecule has 0 bridgehead atoms. The van der Waals surface area contributed by atoms with E-state index in [9.17, 15) is 13.2 Å². The zero-order valence-corrected chi connectivity index (χ0v) is 11.8. The molecule has 1 rings (SSSR count). The topological polar surface area (TPSA) is 24.5 Å². The van der Waals surface area contributed by atoms with E-state index in [0.717, 1.165) is 32.4 Å². The summed E-state index contributed by atoms with van der Waals surface area (Å²) in [5, 5.41) is 3.57. The maximum absolute atomic E-state index is 11.9. The number of halogens is 3. The first-order chi connectivity index (χ1) is 8.90. The van der Waals surface area contributed by atoms with Gasteiger partial charge >= 0.3 is 6.18 Å². The summed E-state index contributed by atoms with van der Waals surface area (Å²) in [5.41, 5.74) is 0. The minimum Gasteiger partial charge on any atom is -0.371 e. The van der Waals surface area contributed by atoms with Crippen LogP contribution in [0.1, 0.15) is 33.1 Å². The third-order valence-corrected chi connectivity index (χ3v) is 3.50. The molecule has 2 atom stereocenters. The van der Waals surface area contributed by atoms with Crippen LogP contribution in [0, 0.1) is 0 Å². The Morgan fingerprint density at radius 2 is 1.95 bits per heavy atom. The van der Waals surface area contributed by atoms with Crippen LogP contribution < -0.4 is 5.32 Å². The van der Waals surface area contributed by atoms with E-state index in [1.165, 1.54) is 0 Å². The summed E-state index contributed by atoms with van der Waals surface area (Å²) in [6.45, 7) is 5.75. The van der Waals surface area contributed by atoms with Gasteiger partial charge in [0.05, 0.1) is 6.61 Å². The quantitative estimate of drug-likeness (QED) is 0.784. The zero-order chi connectivity index (χ0) is 14.3. The van der Waals surface area contributed by atoms with E-state index < -0.39 is 12.8 Å². The molecular formula is C13H25F3N2O. The van der Waals surface area contributed by atoms with Crippen molar-refractivity contribution in [1.82, 2.24) is 10.2 Å². The second-order valence-electron chi connectivity index (χ2n) is 5.26. The summed E-state index contributed by atoms with van der Waals surface area (Å²) in [6.07, 6.45) is -1.07. The second-order valence-corrected chi connectivity index (χ2v) is 5.26. The first-order valence-corrected chi connectivity index (χ1v) is 7.03. The molecular weight excluding hydrogens is 257 g/mol. The van der Waals surface area contributed by atoms with Gasteiger partial charge in [0, 0.05) is 18.6 Å². The maximum atomic E-state index is 11.9. The van der Waals surface area contributed by atoms with Gasteiger partial charge in [0.2, 0.25) is 0 Å². The monoisotopic (exact) mass is 282 g/mol. The lowest BCUT2D eigenvalue weighted by molar-refractivity contribution is -0.174. The lowest BCUT2D eigenvalue weighted by Gasteiger charge is -2.31. The highest BCUT2D eigenvalue weighted by Crippen LogP contribution is 2.14. The van der Waals surface area contributed by atoms with Crippen LogP contribution in [-0.4, -0.2) is 56.0 Å². The van der Waals surface area contributed by atoms with Crippen molar-refractivity contribution in [3.8, 4) is 0 Å². The number of alkyl halides is 3. The van der Waals surface area contributed by atoms with Gasteiger partial charge in [-0.15, -0.1) is 0 Å². The zero-order valence-electron chi connectivity index (χ0n) is 11.8. The molecule has 1 aliphatic heterocycles. The molecule has 0 aliphatic carbocycles. The van der Waals surface area contributed by atoms with Crippen molar-refractivity contribution in [3.05, 3.63) is 0 Å². The Morgan fingerprint density at radius 1 is 1.26 bits per heavy atom. The smallest absolute Gasteiger partial charge is 0.371 e. The lowest BCUT2D eigenvalue weighted by atomic mass is 10.1. The number of hydrogen-bond donors (Lipinski definition) is 1. The van der Waals surface area contributed by atoms with Gasteiger partial charge in [-0.1, -0.05) is 6.92 Å². The van der Waals surface area contributed by atoms with E-state index in [2.05, 4.69) is 28.8 Å². The summed E-state index contributed by atoms with van der Waals surface area (Å²) in [4.78, 5) is 2.20. The van der Waals surface area contributed by atoms with Crippen molar-refractivity contribution in [1.29, 1.82) is 0 Å². The van der Waals surface area contributed by atoms with Crippen molar-refractivity contribution < 1.29 is 17.9 Å². The SMILES string of the molecule is CCC1CCN(CCOCC(F)(F)F)CCC(C)N1. The first kappa shape index (κ1) is 16.7. The van der Waals surface area contributed by atoms with Crippen LogP contribution in [0.25, 0.3) is 0 Å². The molecule has 0 radical (unpaired) electrons. The summed E-state index contributed by atoms with van der Waals surface area (Å²) in [6, 6.07) is 0.970. The number of rotatable bonds is 5. The van der Waals surface area contributed by atoms with Gasteiger partial charge in [-0.25, -0.2) is 0 Å². The molecule has 1 N–H and O–H groups in total. The second kappa shape index (κ2) is 8.07. The highest BCUT2D eigenvalue weighted by atomic mass is 19.4. The molecule has 114 valence electrons. The van der Waals surface area contributed by atoms with Crippen LogP contribution in [0.3, 0.4) is 0 Å². The van der Waals surface area contributed by atoms with Crippen LogP contribution in [-0.2, 0) is 4.74 Å². The third kappa shape index (κ3) is 7.74. The molecule has 0 aromatic rings. The fourth-order valence-electron chi connectivity index (χ4n) is 2.32. The van der Waals surface area contributed by atoms with Crippen LogP contribution in [0.2, 0.25) is 0 Å². The summed E-state index contributed by atoms with van der Waals surface area (Å²) >= 11 is 0. The molecule has 0 spiro atoms. The standard InChI is InChI=1S/C13H25F3N2O/c1-3-12-5-7-18(6-4-11(2)17-12)8-9-19-10-13(14,15)16/h11-12,17H,3-10H2,1-2H3. The van der Waals surface area contributed by atoms with E-state index in [-0.39, 0.29) is 6.61 Å². The molecule has 1 heterocycles. The van der Waals surface area contributed by atoms with E-state index >= 15 is 0 Å². The van der Waals surface area contributed by atoms with Gasteiger partial charge in [0.1, 0.15) is 6.61 Å². The number of hydrogen-bond acceptors (Lipinski definition) is 3. The van der Waals surface area contributed by atoms with E-state index in [0.29, 0.717) is 18.6 Å². The van der Waals surface area contributed by atoms with Gasteiger partial charge in [-0.3, -0.25) is 0 Å². The highest BCUT2D eigenvalue weighted by Gasteiger charge is 2.27. The van der Waals surface area contributed by atoms with Crippen molar-refractivity contribution in [3.63, 3.8) is 0 Å². The lowest BCUT2D eigenvalue weighted by Crippen LogP contribution is -2.44. The van der Waals surface area contributed by atoms with Crippen LogP contribution >= 0.6 is 0 Å². The Kier molecular flexibility index (Phi) is 7.10. The van der Waals surface area contributed by atoms with Gasteiger partial charge in [-0.2, -0.15) is 13.2 Å². The molecule has 0 aromatic heterocycles. The van der Waals surface area contributed by atoms with E-state index in [1.807, 2.05) is 0 Å². The van der Waals surface area contributed by atoms with E-state index in [1.54, 1.807) is 0 Å².